The number of aryl methyl sites for hydroxylation is 1. The second-order valence-corrected chi connectivity index (χ2v) is 7.04. The van der Waals surface area contributed by atoms with Crippen LogP contribution in [0.15, 0.2) is 54.6 Å². The number of carboxylic acid groups (broad SMARTS) is 1. The van der Waals surface area contributed by atoms with E-state index in [1.807, 2.05) is 41.7 Å². The molecule has 1 N–H and O–H groups in total. The van der Waals surface area contributed by atoms with Gasteiger partial charge >= 0.3 is 5.97 Å². The first-order chi connectivity index (χ1) is 12.5. The molecule has 0 saturated carbocycles. The summed E-state index contributed by atoms with van der Waals surface area (Å²) in [5.74, 6) is -1.23. The summed E-state index contributed by atoms with van der Waals surface area (Å²) in [5, 5.41) is 9.26. The number of imidazole rings is 1. The predicted octanol–water partition coefficient (Wildman–Crippen LogP) is 4.80. The van der Waals surface area contributed by atoms with Crippen LogP contribution in [-0.4, -0.2) is 20.5 Å². The Balaban J connectivity index is 1.98. The molecule has 2 heterocycles. The first kappa shape index (κ1) is 16.5. The maximum absolute atomic E-state index is 13.3. The van der Waals surface area contributed by atoms with Crippen molar-refractivity contribution in [3.8, 4) is 22.5 Å². The molecule has 2 aromatic heterocycles. The minimum atomic E-state index is -0.904. The average molecular weight is 366 g/mol. The molecule has 0 unspecified atom stereocenters. The van der Waals surface area contributed by atoms with Crippen LogP contribution in [0.25, 0.3) is 27.5 Å². The Bertz CT molecular complexity index is 1100. The van der Waals surface area contributed by atoms with Gasteiger partial charge < -0.3 is 5.11 Å². The van der Waals surface area contributed by atoms with Gasteiger partial charge in [-0.3, -0.25) is 9.20 Å². The normalized spacial score (nSPS) is 11.2. The van der Waals surface area contributed by atoms with Crippen LogP contribution in [-0.2, 0) is 11.2 Å². The molecule has 0 aliphatic heterocycles. The number of hydrogen-bond donors (Lipinski definition) is 1. The van der Waals surface area contributed by atoms with Gasteiger partial charge in [0.2, 0.25) is 0 Å². The van der Waals surface area contributed by atoms with E-state index < -0.39 is 5.97 Å². The molecule has 4 rings (SSSR count). The lowest BCUT2D eigenvalue weighted by atomic mass is 10.1. The molecule has 4 nitrogen and oxygen atoms in total. The topological polar surface area (TPSA) is 54.6 Å². The predicted molar refractivity (Wildman–Crippen MR) is 100.0 cm³/mol. The molecule has 0 saturated heterocycles. The van der Waals surface area contributed by atoms with E-state index >= 15 is 0 Å². The van der Waals surface area contributed by atoms with Crippen LogP contribution in [0.4, 0.5) is 4.39 Å². The zero-order valence-corrected chi connectivity index (χ0v) is 14.8. The van der Waals surface area contributed by atoms with E-state index in [9.17, 15) is 14.3 Å². The Kier molecular flexibility index (Phi) is 4.05. The van der Waals surface area contributed by atoms with E-state index in [2.05, 4.69) is 0 Å². The molecule has 6 heteroatoms. The average Bonchev–Trinajstić information content (AvgIpc) is 3.12. The van der Waals surface area contributed by atoms with Crippen molar-refractivity contribution < 1.29 is 14.3 Å². The summed E-state index contributed by atoms with van der Waals surface area (Å²) in [4.78, 5) is 17.5. The van der Waals surface area contributed by atoms with E-state index in [0.29, 0.717) is 4.88 Å². The molecule has 0 aliphatic carbocycles. The lowest BCUT2D eigenvalue weighted by Gasteiger charge is -2.06. The number of benzene rings is 2. The third kappa shape index (κ3) is 2.78. The number of carboxylic acids is 1. The lowest BCUT2D eigenvalue weighted by Crippen LogP contribution is -2.01. The van der Waals surface area contributed by atoms with E-state index in [-0.39, 0.29) is 12.2 Å². The number of rotatable bonds is 4. The van der Waals surface area contributed by atoms with E-state index in [1.54, 1.807) is 12.1 Å². The highest BCUT2D eigenvalue weighted by Gasteiger charge is 2.21. The standard InChI is InChI=1S/C20H15FN2O2S/c1-12-18(13-5-3-2-4-6-13)22-20-23(12)19(16(26-20)11-17(24)25)14-7-9-15(21)10-8-14/h2-10H,11H2,1H3,(H,24,25). The first-order valence-electron chi connectivity index (χ1n) is 8.08. The zero-order valence-electron chi connectivity index (χ0n) is 13.9. The molecule has 0 aliphatic rings. The summed E-state index contributed by atoms with van der Waals surface area (Å²) < 4.78 is 15.3. The van der Waals surface area contributed by atoms with Crippen LogP contribution < -0.4 is 0 Å². The Morgan fingerprint density at radius 3 is 2.46 bits per heavy atom. The summed E-state index contributed by atoms with van der Waals surface area (Å²) in [6.07, 6.45) is -0.0964. The van der Waals surface area contributed by atoms with Gasteiger partial charge in [0, 0.05) is 16.1 Å². The first-order valence-corrected chi connectivity index (χ1v) is 8.90. The Labute approximate surface area is 153 Å². The minimum Gasteiger partial charge on any atom is -0.481 e. The zero-order chi connectivity index (χ0) is 18.3. The molecule has 0 fully saturated rings. The van der Waals surface area contributed by atoms with E-state index in [0.717, 1.165) is 33.2 Å². The summed E-state index contributed by atoms with van der Waals surface area (Å²) in [7, 11) is 0. The van der Waals surface area contributed by atoms with Crippen LogP contribution >= 0.6 is 11.3 Å². The quantitative estimate of drug-likeness (QED) is 0.564. The van der Waals surface area contributed by atoms with Crippen LogP contribution in [0.3, 0.4) is 0 Å². The molecule has 2 aromatic carbocycles. The second-order valence-electron chi connectivity index (χ2n) is 5.98. The highest BCUT2D eigenvalue weighted by atomic mass is 32.1. The van der Waals surface area contributed by atoms with Crippen molar-refractivity contribution in [3.63, 3.8) is 0 Å². The minimum absolute atomic E-state index is 0.0964. The van der Waals surface area contributed by atoms with Gasteiger partial charge in [-0.2, -0.15) is 0 Å². The van der Waals surface area contributed by atoms with Gasteiger partial charge in [0.05, 0.1) is 17.8 Å². The maximum atomic E-state index is 13.3. The van der Waals surface area contributed by atoms with E-state index in [4.69, 9.17) is 4.98 Å². The van der Waals surface area contributed by atoms with E-state index in [1.165, 1.54) is 23.5 Å². The van der Waals surface area contributed by atoms with Crippen molar-refractivity contribution in [2.45, 2.75) is 13.3 Å². The summed E-state index contributed by atoms with van der Waals surface area (Å²) in [6.45, 7) is 1.96. The molecule has 0 atom stereocenters. The third-order valence-corrected chi connectivity index (χ3v) is 5.30. The number of hydrogen-bond acceptors (Lipinski definition) is 3. The fourth-order valence-electron chi connectivity index (χ4n) is 3.12. The molecule has 0 amide bonds. The molecule has 0 spiro atoms. The number of carbonyl (C=O) groups is 1. The fraction of sp³-hybridized carbons (Fsp3) is 0.100. The lowest BCUT2D eigenvalue weighted by molar-refractivity contribution is -0.136. The number of thiazole rings is 1. The van der Waals surface area contributed by atoms with Gasteiger partial charge in [-0.25, -0.2) is 9.37 Å². The van der Waals surface area contributed by atoms with Crippen molar-refractivity contribution in [3.05, 3.63) is 71.0 Å². The Morgan fingerprint density at radius 2 is 1.81 bits per heavy atom. The third-order valence-electron chi connectivity index (χ3n) is 4.26. The smallest absolute Gasteiger partial charge is 0.308 e. The monoisotopic (exact) mass is 366 g/mol. The molecule has 0 bridgehead atoms. The van der Waals surface area contributed by atoms with Crippen molar-refractivity contribution in [2.24, 2.45) is 0 Å². The summed E-state index contributed by atoms with van der Waals surface area (Å²) >= 11 is 1.36. The van der Waals surface area contributed by atoms with Gasteiger partial charge in [-0.05, 0) is 36.8 Å². The van der Waals surface area contributed by atoms with Crippen molar-refractivity contribution in [1.82, 2.24) is 9.38 Å². The number of fused-ring (bicyclic) bond motifs is 1. The number of nitrogens with zero attached hydrogens (tertiary/aromatic N) is 2. The molecule has 4 aromatic rings. The van der Waals surface area contributed by atoms with Crippen molar-refractivity contribution >= 4 is 22.3 Å². The molecule has 0 radical (unpaired) electrons. The Morgan fingerprint density at radius 1 is 1.12 bits per heavy atom. The van der Waals surface area contributed by atoms with Gasteiger partial charge in [-0.15, -0.1) is 11.3 Å². The van der Waals surface area contributed by atoms with Gasteiger partial charge in [-0.1, -0.05) is 30.3 Å². The largest absolute Gasteiger partial charge is 0.481 e. The maximum Gasteiger partial charge on any atom is 0.308 e. The van der Waals surface area contributed by atoms with Gasteiger partial charge in [0.25, 0.3) is 0 Å². The van der Waals surface area contributed by atoms with Crippen LogP contribution in [0.5, 0.6) is 0 Å². The Hall–Kier alpha value is -2.99. The number of aliphatic carboxylic acids is 1. The van der Waals surface area contributed by atoms with Gasteiger partial charge in [0.15, 0.2) is 4.96 Å². The fourth-order valence-corrected chi connectivity index (χ4v) is 4.29. The van der Waals surface area contributed by atoms with Gasteiger partial charge in [0.1, 0.15) is 5.82 Å². The SMILES string of the molecule is Cc1c(-c2ccccc2)nc2sc(CC(=O)O)c(-c3ccc(F)cc3)n12. The van der Waals surface area contributed by atoms with Crippen LogP contribution in [0.2, 0.25) is 0 Å². The summed E-state index contributed by atoms with van der Waals surface area (Å²) in [6, 6.07) is 16.0. The highest BCUT2D eigenvalue weighted by Crippen LogP contribution is 2.36. The summed E-state index contributed by atoms with van der Waals surface area (Å²) in [5.41, 5.74) is 4.33. The number of halogens is 1. The number of aromatic nitrogens is 2. The highest BCUT2D eigenvalue weighted by molar-refractivity contribution is 7.17. The molecular formula is C20H15FN2O2S. The van der Waals surface area contributed by atoms with Crippen molar-refractivity contribution in [1.29, 1.82) is 0 Å². The van der Waals surface area contributed by atoms with Crippen molar-refractivity contribution in [2.75, 3.05) is 0 Å². The molecule has 26 heavy (non-hydrogen) atoms. The molecule has 130 valence electrons. The molecular weight excluding hydrogens is 351 g/mol. The van der Waals surface area contributed by atoms with Crippen LogP contribution in [0, 0.1) is 12.7 Å². The second kappa shape index (κ2) is 6.38. The van der Waals surface area contributed by atoms with Crippen LogP contribution in [0.1, 0.15) is 10.6 Å².